The average Bonchev–Trinajstić information content (AvgIpc) is 2.85. The highest BCUT2D eigenvalue weighted by atomic mass is 16.1. The van der Waals surface area contributed by atoms with E-state index in [1.807, 2.05) is 25.1 Å². The highest BCUT2D eigenvalue weighted by Gasteiger charge is 2.26. The van der Waals surface area contributed by atoms with Crippen LogP contribution in [0.5, 0.6) is 0 Å². The van der Waals surface area contributed by atoms with E-state index in [4.69, 9.17) is 0 Å². The zero-order valence-electron chi connectivity index (χ0n) is 10.8. The van der Waals surface area contributed by atoms with E-state index in [2.05, 4.69) is 20.3 Å². The van der Waals surface area contributed by atoms with Crippen LogP contribution in [-0.2, 0) is 17.6 Å². The number of rotatable bonds is 2. The van der Waals surface area contributed by atoms with Crippen molar-refractivity contribution in [2.24, 2.45) is 5.92 Å². The highest BCUT2D eigenvalue weighted by molar-refractivity contribution is 5.92. The van der Waals surface area contributed by atoms with E-state index in [0.717, 1.165) is 36.3 Å². The minimum Gasteiger partial charge on any atom is -0.348 e. The molecule has 98 valence electrons. The van der Waals surface area contributed by atoms with Crippen LogP contribution in [0.4, 0.5) is 5.82 Å². The van der Waals surface area contributed by atoms with Gasteiger partial charge in [-0.1, -0.05) is 6.07 Å². The number of carbonyl (C=O) groups excluding carboxylic acids is 1. The molecule has 0 unspecified atom stereocenters. The van der Waals surface area contributed by atoms with Crippen LogP contribution in [0.15, 0.2) is 24.5 Å². The minimum atomic E-state index is -0.00439. The molecule has 3 rings (SSSR count). The molecule has 2 aromatic heterocycles. The SMILES string of the molecule is Cc1cccc(NC(=O)[C@@H]2CCc3nc[nH]c3C2)n1. The molecule has 0 saturated carbocycles. The van der Waals surface area contributed by atoms with Gasteiger partial charge in [-0.05, 0) is 31.9 Å². The summed E-state index contributed by atoms with van der Waals surface area (Å²) in [7, 11) is 0. The van der Waals surface area contributed by atoms with Gasteiger partial charge in [-0.25, -0.2) is 9.97 Å². The number of hydrogen-bond donors (Lipinski definition) is 2. The number of nitrogens with one attached hydrogen (secondary N) is 2. The van der Waals surface area contributed by atoms with Crippen LogP contribution in [0.2, 0.25) is 0 Å². The van der Waals surface area contributed by atoms with Gasteiger partial charge < -0.3 is 10.3 Å². The molecule has 1 amide bonds. The standard InChI is InChI=1S/C14H16N4O/c1-9-3-2-4-13(17-9)18-14(19)10-5-6-11-12(7-10)16-8-15-11/h2-4,8,10H,5-7H2,1H3,(H,15,16)(H,17,18,19)/t10-/m1/s1. The number of anilines is 1. The van der Waals surface area contributed by atoms with Crippen LogP contribution >= 0.6 is 0 Å². The second kappa shape index (κ2) is 4.84. The van der Waals surface area contributed by atoms with Gasteiger partial charge in [-0.15, -0.1) is 0 Å². The van der Waals surface area contributed by atoms with E-state index in [1.165, 1.54) is 0 Å². The number of pyridine rings is 1. The van der Waals surface area contributed by atoms with Gasteiger partial charge in [-0.3, -0.25) is 4.79 Å². The molecule has 1 atom stereocenters. The van der Waals surface area contributed by atoms with Gasteiger partial charge in [0, 0.05) is 23.7 Å². The Kier molecular flexibility index (Phi) is 3.03. The van der Waals surface area contributed by atoms with Gasteiger partial charge in [-0.2, -0.15) is 0 Å². The first-order chi connectivity index (χ1) is 9.22. The predicted molar refractivity (Wildman–Crippen MR) is 71.7 cm³/mol. The molecule has 1 aliphatic rings. The van der Waals surface area contributed by atoms with Gasteiger partial charge in [0.05, 0.1) is 12.0 Å². The van der Waals surface area contributed by atoms with Gasteiger partial charge in [0.1, 0.15) is 5.82 Å². The number of aromatic amines is 1. The Morgan fingerprint density at radius 2 is 2.37 bits per heavy atom. The number of nitrogens with zero attached hydrogens (tertiary/aromatic N) is 2. The summed E-state index contributed by atoms with van der Waals surface area (Å²) in [6.45, 7) is 1.91. The highest BCUT2D eigenvalue weighted by Crippen LogP contribution is 2.23. The predicted octanol–water partition coefficient (Wildman–Crippen LogP) is 1.86. The van der Waals surface area contributed by atoms with Crippen LogP contribution < -0.4 is 5.32 Å². The van der Waals surface area contributed by atoms with E-state index >= 15 is 0 Å². The fraction of sp³-hybridized carbons (Fsp3) is 0.357. The third-order valence-electron chi connectivity index (χ3n) is 3.50. The monoisotopic (exact) mass is 256 g/mol. The molecular formula is C14H16N4O. The van der Waals surface area contributed by atoms with E-state index in [0.29, 0.717) is 5.82 Å². The normalized spacial score (nSPS) is 17.8. The van der Waals surface area contributed by atoms with Crippen molar-refractivity contribution in [1.82, 2.24) is 15.0 Å². The summed E-state index contributed by atoms with van der Waals surface area (Å²) < 4.78 is 0. The fourth-order valence-corrected chi connectivity index (χ4v) is 2.47. The maximum Gasteiger partial charge on any atom is 0.229 e. The van der Waals surface area contributed by atoms with E-state index in [9.17, 15) is 4.79 Å². The van der Waals surface area contributed by atoms with Crippen LogP contribution in [0.1, 0.15) is 23.5 Å². The summed E-state index contributed by atoms with van der Waals surface area (Å²) >= 11 is 0. The second-order valence-electron chi connectivity index (χ2n) is 4.92. The molecule has 2 N–H and O–H groups in total. The lowest BCUT2D eigenvalue weighted by Crippen LogP contribution is -2.28. The first-order valence-electron chi connectivity index (χ1n) is 6.48. The van der Waals surface area contributed by atoms with Crippen LogP contribution in [0, 0.1) is 12.8 Å². The summed E-state index contributed by atoms with van der Waals surface area (Å²) in [4.78, 5) is 23.9. The minimum absolute atomic E-state index is 0.00439. The molecule has 0 fully saturated rings. The van der Waals surface area contributed by atoms with Crippen molar-refractivity contribution in [3.63, 3.8) is 0 Å². The Balaban J connectivity index is 1.69. The summed E-state index contributed by atoms with van der Waals surface area (Å²) in [5, 5.41) is 2.89. The average molecular weight is 256 g/mol. The van der Waals surface area contributed by atoms with Crippen molar-refractivity contribution < 1.29 is 4.79 Å². The molecule has 1 aliphatic carbocycles. The molecule has 5 heteroatoms. The summed E-state index contributed by atoms with van der Waals surface area (Å²) in [5.74, 6) is 0.661. The van der Waals surface area contributed by atoms with E-state index < -0.39 is 0 Å². The van der Waals surface area contributed by atoms with Gasteiger partial charge in [0.2, 0.25) is 5.91 Å². The Morgan fingerprint density at radius 3 is 3.21 bits per heavy atom. The largest absolute Gasteiger partial charge is 0.348 e. The number of H-pyrrole nitrogens is 1. The molecule has 19 heavy (non-hydrogen) atoms. The first kappa shape index (κ1) is 11.9. The summed E-state index contributed by atoms with van der Waals surface area (Å²) in [6.07, 6.45) is 4.13. The van der Waals surface area contributed by atoms with Crippen LogP contribution in [-0.4, -0.2) is 20.9 Å². The molecule has 2 aromatic rings. The lowest BCUT2D eigenvalue weighted by molar-refractivity contribution is -0.120. The van der Waals surface area contributed by atoms with E-state index in [-0.39, 0.29) is 11.8 Å². The molecule has 0 spiro atoms. The Hall–Kier alpha value is -2.17. The number of carbonyl (C=O) groups is 1. The second-order valence-corrected chi connectivity index (χ2v) is 4.92. The van der Waals surface area contributed by atoms with Gasteiger partial charge in [0.15, 0.2) is 0 Å². The lowest BCUT2D eigenvalue weighted by Gasteiger charge is -2.20. The topological polar surface area (TPSA) is 70.7 Å². The molecule has 0 bridgehead atoms. The Morgan fingerprint density at radius 1 is 1.47 bits per heavy atom. The van der Waals surface area contributed by atoms with Gasteiger partial charge in [0.25, 0.3) is 0 Å². The molecule has 0 aliphatic heterocycles. The third-order valence-corrected chi connectivity index (χ3v) is 3.50. The quantitative estimate of drug-likeness (QED) is 0.861. The zero-order valence-corrected chi connectivity index (χ0v) is 10.8. The number of amides is 1. The molecule has 2 heterocycles. The van der Waals surface area contributed by atoms with Crippen molar-refractivity contribution in [3.05, 3.63) is 41.6 Å². The molecule has 0 saturated heterocycles. The maximum atomic E-state index is 12.2. The number of aryl methyl sites for hydroxylation is 2. The third kappa shape index (κ3) is 2.50. The summed E-state index contributed by atoms with van der Waals surface area (Å²) in [5.41, 5.74) is 3.08. The molecule has 0 aromatic carbocycles. The number of aromatic nitrogens is 3. The Labute approximate surface area is 111 Å². The van der Waals surface area contributed by atoms with Crippen molar-refractivity contribution in [2.75, 3.05) is 5.32 Å². The maximum absolute atomic E-state index is 12.2. The van der Waals surface area contributed by atoms with Crippen molar-refractivity contribution >= 4 is 11.7 Å². The fourth-order valence-electron chi connectivity index (χ4n) is 2.47. The first-order valence-corrected chi connectivity index (χ1v) is 6.48. The van der Waals surface area contributed by atoms with E-state index in [1.54, 1.807) is 6.33 Å². The van der Waals surface area contributed by atoms with Gasteiger partial charge >= 0.3 is 0 Å². The van der Waals surface area contributed by atoms with Crippen molar-refractivity contribution in [3.8, 4) is 0 Å². The summed E-state index contributed by atoms with van der Waals surface area (Å²) in [6, 6.07) is 5.62. The van der Waals surface area contributed by atoms with Crippen LogP contribution in [0.25, 0.3) is 0 Å². The number of hydrogen-bond acceptors (Lipinski definition) is 3. The van der Waals surface area contributed by atoms with Crippen molar-refractivity contribution in [1.29, 1.82) is 0 Å². The lowest BCUT2D eigenvalue weighted by atomic mass is 9.89. The molecular weight excluding hydrogens is 240 g/mol. The zero-order chi connectivity index (χ0) is 13.2. The van der Waals surface area contributed by atoms with Crippen molar-refractivity contribution in [2.45, 2.75) is 26.2 Å². The number of fused-ring (bicyclic) bond motifs is 1. The smallest absolute Gasteiger partial charge is 0.229 e. The molecule has 5 nitrogen and oxygen atoms in total. The molecule has 0 radical (unpaired) electrons. The number of imidazole rings is 1. The Bertz CT molecular complexity index is 605. The van der Waals surface area contributed by atoms with Crippen LogP contribution in [0.3, 0.4) is 0 Å².